The number of ether oxygens (including phenoxy) is 1. The molecule has 29 heavy (non-hydrogen) atoms. The van der Waals surface area contributed by atoms with Crippen LogP contribution in [0.2, 0.25) is 0 Å². The number of rotatable bonds is 3. The topological polar surface area (TPSA) is 89.6 Å². The molecular weight excluding hydrogens is 398 g/mol. The van der Waals surface area contributed by atoms with Crippen molar-refractivity contribution >= 4 is 29.5 Å². The first-order chi connectivity index (χ1) is 13.6. The monoisotopic (exact) mass is 425 g/mol. The summed E-state index contributed by atoms with van der Waals surface area (Å²) >= 11 is 0. The van der Waals surface area contributed by atoms with Crippen molar-refractivity contribution in [3.63, 3.8) is 0 Å². The Morgan fingerprint density at radius 2 is 1.90 bits per heavy atom. The highest BCUT2D eigenvalue weighted by atomic mass is 35.5. The summed E-state index contributed by atoms with van der Waals surface area (Å²) in [5, 5.41) is 2.34. The second-order valence-electron chi connectivity index (χ2n) is 8.03. The van der Waals surface area contributed by atoms with Crippen LogP contribution in [0.1, 0.15) is 12.8 Å². The van der Waals surface area contributed by atoms with Crippen LogP contribution in [-0.2, 0) is 25.4 Å². The Kier molecular flexibility index (Phi) is 5.45. The van der Waals surface area contributed by atoms with Crippen LogP contribution in [-0.4, -0.2) is 69.1 Å². The summed E-state index contributed by atoms with van der Waals surface area (Å²) in [4.78, 5) is 32.4. The first-order valence-corrected chi connectivity index (χ1v) is 10.1. The number of anilines is 1. The van der Waals surface area contributed by atoms with E-state index in [1.54, 1.807) is 7.05 Å². The lowest BCUT2D eigenvalue weighted by Gasteiger charge is -2.29. The van der Waals surface area contributed by atoms with Gasteiger partial charge in [-0.25, -0.2) is 9.80 Å². The molecule has 0 aliphatic carbocycles. The van der Waals surface area contributed by atoms with Crippen LogP contribution >= 0.6 is 12.4 Å². The van der Waals surface area contributed by atoms with E-state index in [0.29, 0.717) is 42.9 Å². The number of nitrogens with zero attached hydrogens (tertiary/aromatic N) is 6. The molecule has 1 N–H and O–H groups in total. The number of halogens is 1. The van der Waals surface area contributed by atoms with Gasteiger partial charge < -0.3 is 14.2 Å². The maximum absolute atomic E-state index is 13.0. The molecule has 0 radical (unpaired) electrons. The van der Waals surface area contributed by atoms with Gasteiger partial charge in [-0.15, -0.1) is 12.4 Å². The highest BCUT2D eigenvalue weighted by Crippen LogP contribution is 2.30. The van der Waals surface area contributed by atoms with E-state index in [4.69, 9.17) is 9.72 Å². The van der Waals surface area contributed by atoms with Gasteiger partial charge in [0.1, 0.15) is 0 Å². The average Bonchev–Trinajstić information content (AvgIpc) is 3.41. The van der Waals surface area contributed by atoms with Gasteiger partial charge in [0.15, 0.2) is 11.2 Å². The summed E-state index contributed by atoms with van der Waals surface area (Å²) < 4.78 is 10.2. The highest BCUT2D eigenvalue weighted by Gasteiger charge is 2.38. The van der Waals surface area contributed by atoms with Crippen LogP contribution in [0.15, 0.2) is 9.59 Å². The normalized spacial score (nSPS) is 24.8. The first-order valence-electron chi connectivity index (χ1n) is 10.1. The molecule has 2 unspecified atom stereocenters. The summed E-state index contributed by atoms with van der Waals surface area (Å²) in [6.45, 7) is 5.44. The number of aromatic nitrogens is 4. The van der Waals surface area contributed by atoms with Gasteiger partial charge in [-0.05, 0) is 12.8 Å². The minimum Gasteiger partial charge on any atom is -0.378 e. The van der Waals surface area contributed by atoms with E-state index in [2.05, 4.69) is 19.9 Å². The minimum absolute atomic E-state index is 0. The summed E-state index contributed by atoms with van der Waals surface area (Å²) in [6, 6.07) is 0.492. The smallest absolute Gasteiger partial charge is 0.332 e. The second kappa shape index (κ2) is 7.75. The van der Waals surface area contributed by atoms with Crippen LogP contribution in [0.4, 0.5) is 5.95 Å². The van der Waals surface area contributed by atoms with Gasteiger partial charge in [0.2, 0.25) is 5.95 Å². The van der Waals surface area contributed by atoms with Crippen molar-refractivity contribution in [1.29, 1.82) is 0 Å². The van der Waals surface area contributed by atoms with E-state index in [1.165, 1.54) is 29.0 Å². The number of fused-ring (bicyclic) bond motifs is 2. The van der Waals surface area contributed by atoms with Gasteiger partial charge in [0.05, 0.1) is 13.2 Å². The van der Waals surface area contributed by atoms with E-state index in [1.807, 2.05) is 0 Å². The first kappa shape index (κ1) is 20.4. The molecule has 3 aliphatic rings. The number of hydrazine groups is 1. The van der Waals surface area contributed by atoms with Crippen LogP contribution in [0.3, 0.4) is 0 Å². The quantitative estimate of drug-likeness (QED) is 0.694. The zero-order chi connectivity index (χ0) is 19.4. The van der Waals surface area contributed by atoms with Crippen molar-refractivity contribution < 1.29 is 4.74 Å². The molecule has 3 fully saturated rings. The highest BCUT2D eigenvalue weighted by molar-refractivity contribution is 5.85. The molecule has 5 heterocycles. The lowest BCUT2D eigenvalue weighted by Crippen LogP contribution is -2.39. The molecule has 0 amide bonds. The Bertz CT molecular complexity index is 1020. The number of hydrogen-bond acceptors (Lipinski definition) is 7. The molecule has 11 heteroatoms. The van der Waals surface area contributed by atoms with Crippen LogP contribution in [0.5, 0.6) is 0 Å². The Morgan fingerprint density at radius 3 is 2.66 bits per heavy atom. The zero-order valence-corrected chi connectivity index (χ0v) is 17.7. The SMILES string of the molecule is Cl.Cn1c(=O)c2c(nc(N3CCOCC3)n2CC2CNN3CCCC23)n(C)c1=O. The van der Waals surface area contributed by atoms with Crippen molar-refractivity contribution in [3.05, 3.63) is 20.8 Å². The van der Waals surface area contributed by atoms with Crippen molar-refractivity contribution in [2.75, 3.05) is 44.3 Å². The van der Waals surface area contributed by atoms with E-state index in [9.17, 15) is 9.59 Å². The van der Waals surface area contributed by atoms with Gasteiger partial charge in [-0.2, -0.15) is 4.98 Å². The summed E-state index contributed by atoms with van der Waals surface area (Å²) in [5.74, 6) is 1.18. The minimum atomic E-state index is -0.347. The molecule has 0 spiro atoms. The standard InChI is InChI=1S/C18H27N7O3.ClH/c1-21-15-14(16(26)22(2)18(21)27)24(17(20-15)23-6-8-28-9-7-23)11-12-10-19-25-5-3-4-13(12)25;/h12-13,19H,3-11H2,1-2H3;1H. The Labute approximate surface area is 174 Å². The third-order valence-electron chi connectivity index (χ3n) is 6.44. The summed E-state index contributed by atoms with van der Waals surface area (Å²) in [5.41, 5.74) is 3.85. The van der Waals surface area contributed by atoms with E-state index in [-0.39, 0.29) is 23.7 Å². The predicted molar refractivity (Wildman–Crippen MR) is 112 cm³/mol. The molecule has 0 bridgehead atoms. The number of nitrogens with one attached hydrogen (secondary N) is 1. The third kappa shape index (κ3) is 3.18. The summed E-state index contributed by atoms with van der Waals surface area (Å²) in [7, 11) is 3.21. The fraction of sp³-hybridized carbons (Fsp3) is 0.722. The van der Waals surface area contributed by atoms with Crippen LogP contribution < -0.4 is 21.6 Å². The molecule has 160 valence electrons. The molecule has 2 atom stereocenters. The van der Waals surface area contributed by atoms with E-state index in [0.717, 1.165) is 32.1 Å². The Morgan fingerprint density at radius 1 is 1.14 bits per heavy atom. The van der Waals surface area contributed by atoms with Gasteiger partial charge in [-0.1, -0.05) is 0 Å². The number of morpholine rings is 1. The predicted octanol–water partition coefficient (Wildman–Crippen LogP) is -0.709. The average molecular weight is 426 g/mol. The van der Waals surface area contributed by atoms with Gasteiger partial charge in [-0.3, -0.25) is 19.4 Å². The molecule has 3 aliphatic heterocycles. The fourth-order valence-corrected chi connectivity index (χ4v) is 4.88. The van der Waals surface area contributed by atoms with Gasteiger partial charge in [0.25, 0.3) is 5.56 Å². The Balaban J connectivity index is 0.00000205. The van der Waals surface area contributed by atoms with E-state index < -0.39 is 0 Å². The van der Waals surface area contributed by atoms with Crippen molar-refractivity contribution in [3.8, 4) is 0 Å². The second-order valence-corrected chi connectivity index (χ2v) is 8.03. The van der Waals surface area contributed by atoms with Crippen LogP contribution in [0, 0.1) is 5.92 Å². The van der Waals surface area contributed by atoms with Crippen molar-refractivity contribution in [2.45, 2.75) is 25.4 Å². The molecule has 2 aromatic heterocycles. The molecule has 10 nitrogen and oxygen atoms in total. The third-order valence-corrected chi connectivity index (χ3v) is 6.44. The molecule has 5 rings (SSSR count). The van der Waals surface area contributed by atoms with Crippen LogP contribution in [0.25, 0.3) is 11.2 Å². The Hall–Kier alpha value is -1.88. The lowest BCUT2D eigenvalue weighted by molar-refractivity contribution is 0.121. The fourth-order valence-electron chi connectivity index (χ4n) is 4.88. The maximum Gasteiger partial charge on any atom is 0.332 e. The number of aryl methyl sites for hydroxylation is 1. The van der Waals surface area contributed by atoms with Crippen molar-refractivity contribution in [2.24, 2.45) is 20.0 Å². The molecular formula is C18H28ClN7O3. The molecule has 3 saturated heterocycles. The molecule has 2 aromatic rings. The number of hydrogen-bond donors (Lipinski definition) is 1. The molecule has 0 saturated carbocycles. The maximum atomic E-state index is 13.0. The summed E-state index contributed by atoms with van der Waals surface area (Å²) in [6.07, 6.45) is 2.37. The van der Waals surface area contributed by atoms with Gasteiger partial charge >= 0.3 is 5.69 Å². The number of imidazole rings is 1. The largest absolute Gasteiger partial charge is 0.378 e. The van der Waals surface area contributed by atoms with Gasteiger partial charge in [0, 0.05) is 58.8 Å². The molecule has 0 aromatic carbocycles. The van der Waals surface area contributed by atoms with Crippen molar-refractivity contribution in [1.82, 2.24) is 29.1 Å². The zero-order valence-electron chi connectivity index (χ0n) is 16.8. The lowest BCUT2D eigenvalue weighted by atomic mass is 9.99. The van der Waals surface area contributed by atoms with E-state index >= 15 is 0 Å².